The molecular formula is C12H25N3O2. The van der Waals surface area contributed by atoms with Gasteiger partial charge in [0.15, 0.2) is 5.96 Å². The third-order valence-electron chi connectivity index (χ3n) is 1.54. The largest absolute Gasteiger partial charge is 0.459 e. The Balaban J connectivity index is 4.14. The Hall–Kier alpha value is -1.26. The fraction of sp³-hybridized carbons (Fsp3) is 0.833. The lowest BCUT2D eigenvalue weighted by Gasteiger charge is -2.24. The highest BCUT2D eigenvalue weighted by Crippen LogP contribution is 2.06. The minimum Gasteiger partial charge on any atom is -0.459 e. The van der Waals surface area contributed by atoms with E-state index in [9.17, 15) is 4.79 Å². The first-order valence-corrected chi connectivity index (χ1v) is 5.74. The highest BCUT2D eigenvalue weighted by atomic mass is 16.6. The van der Waals surface area contributed by atoms with E-state index in [1.54, 1.807) is 7.05 Å². The van der Waals surface area contributed by atoms with E-state index in [4.69, 9.17) is 4.74 Å². The van der Waals surface area contributed by atoms with Crippen molar-refractivity contribution < 1.29 is 9.53 Å². The molecule has 0 radical (unpaired) electrons. The number of guanidine groups is 1. The van der Waals surface area contributed by atoms with E-state index in [-0.39, 0.29) is 18.1 Å². The number of nitrogens with one attached hydrogen (secondary N) is 2. The average Bonchev–Trinajstić information content (AvgIpc) is 2.07. The highest BCUT2D eigenvalue weighted by molar-refractivity contribution is 5.84. The van der Waals surface area contributed by atoms with Gasteiger partial charge in [-0.05, 0) is 41.5 Å². The van der Waals surface area contributed by atoms with Gasteiger partial charge >= 0.3 is 5.97 Å². The van der Waals surface area contributed by atoms with E-state index in [2.05, 4.69) is 15.6 Å². The van der Waals surface area contributed by atoms with E-state index in [1.807, 2.05) is 41.5 Å². The second kappa shape index (κ2) is 5.89. The van der Waals surface area contributed by atoms with Gasteiger partial charge in [0.1, 0.15) is 12.1 Å². The number of hydrogen-bond acceptors (Lipinski definition) is 3. The lowest BCUT2D eigenvalue weighted by molar-refractivity contribution is -0.153. The molecule has 0 atom stereocenters. The van der Waals surface area contributed by atoms with Crippen LogP contribution in [0.2, 0.25) is 0 Å². The molecule has 0 aliphatic heterocycles. The molecule has 17 heavy (non-hydrogen) atoms. The van der Waals surface area contributed by atoms with Crippen LogP contribution < -0.4 is 10.6 Å². The van der Waals surface area contributed by atoms with Crippen LogP contribution in [0.4, 0.5) is 0 Å². The van der Waals surface area contributed by atoms with Gasteiger partial charge in [-0.3, -0.25) is 9.79 Å². The molecule has 0 heterocycles. The van der Waals surface area contributed by atoms with Gasteiger partial charge in [0.05, 0.1) is 0 Å². The van der Waals surface area contributed by atoms with Crippen LogP contribution in [-0.4, -0.2) is 36.7 Å². The smallest absolute Gasteiger partial charge is 0.325 e. The Kier molecular flexibility index (Phi) is 5.45. The minimum absolute atomic E-state index is 0.101. The lowest BCUT2D eigenvalue weighted by Crippen LogP contribution is -2.49. The van der Waals surface area contributed by atoms with Gasteiger partial charge in [-0.15, -0.1) is 0 Å². The van der Waals surface area contributed by atoms with E-state index in [1.165, 1.54) is 0 Å². The Morgan fingerprint density at radius 1 is 1.18 bits per heavy atom. The normalized spacial score (nSPS) is 13.2. The van der Waals surface area contributed by atoms with Crippen molar-refractivity contribution >= 4 is 11.9 Å². The summed E-state index contributed by atoms with van der Waals surface area (Å²) in [5.41, 5.74) is -0.560. The van der Waals surface area contributed by atoms with Crippen LogP contribution in [0.15, 0.2) is 4.99 Å². The van der Waals surface area contributed by atoms with Gasteiger partial charge in [0, 0.05) is 12.6 Å². The van der Waals surface area contributed by atoms with Gasteiger partial charge in [0.2, 0.25) is 0 Å². The summed E-state index contributed by atoms with van der Waals surface area (Å²) < 4.78 is 5.18. The van der Waals surface area contributed by atoms with Gasteiger partial charge in [-0.25, -0.2) is 0 Å². The van der Waals surface area contributed by atoms with Crippen molar-refractivity contribution in [3.63, 3.8) is 0 Å². The third kappa shape index (κ3) is 9.66. The first-order chi connectivity index (χ1) is 7.53. The SMILES string of the molecule is CN=C(NCC(=O)OC(C)(C)C)NC(C)(C)C. The van der Waals surface area contributed by atoms with Gasteiger partial charge in [-0.2, -0.15) is 0 Å². The maximum absolute atomic E-state index is 11.5. The number of rotatable bonds is 2. The van der Waals surface area contributed by atoms with Crippen molar-refractivity contribution in [2.24, 2.45) is 4.99 Å². The summed E-state index contributed by atoms with van der Waals surface area (Å²) in [5, 5.41) is 6.07. The fourth-order valence-electron chi connectivity index (χ4n) is 1.07. The van der Waals surface area contributed by atoms with E-state index >= 15 is 0 Å². The average molecular weight is 243 g/mol. The van der Waals surface area contributed by atoms with Crippen LogP contribution in [0.25, 0.3) is 0 Å². The molecule has 0 aliphatic carbocycles. The molecular weight excluding hydrogens is 218 g/mol. The van der Waals surface area contributed by atoms with Crippen LogP contribution in [0.3, 0.4) is 0 Å². The molecule has 0 aromatic heterocycles. The van der Waals surface area contributed by atoms with Crippen LogP contribution in [0, 0.1) is 0 Å². The van der Waals surface area contributed by atoms with Crippen molar-refractivity contribution in [1.82, 2.24) is 10.6 Å². The van der Waals surface area contributed by atoms with Gasteiger partial charge < -0.3 is 15.4 Å². The highest BCUT2D eigenvalue weighted by Gasteiger charge is 2.17. The number of aliphatic imine (C=N–C) groups is 1. The van der Waals surface area contributed by atoms with E-state index < -0.39 is 5.60 Å². The predicted octanol–water partition coefficient (Wildman–Crippen LogP) is 1.29. The zero-order valence-corrected chi connectivity index (χ0v) is 12.0. The molecule has 0 aliphatic rings. The maximum atomic E-state index is 11.5. The first-order valence-electron chi connectivity index (χ1n) is 5.74. The topological polar surface area (TPSA) is 62.7 Å². The predicted molar refractivity (Wildman–Crippen MR) is 70.1 cm³/mol. The maximum Gasteiger partial charge on any atom is 0.325 e. The molecule has 0 spiro atoms. The first kappa shape index (κ1) is 15.7. The molecule has 0 saturated heterocycles. The summed E-state index contributed by atoms with van der Waals surface area (Å²) in [6.45, 7) is 11.7. The zero-order chi connectivity index (χ0) is 13.7. The second-order valence-corrected chi connectivity index (χ2v) is 5.89. The zero-order valence-electron chi connectivity index (χ0n) is 12.0. The molecule has 0 rings (SSSR count). The molecule has 0 aromatic carbocycles. The third-order valence-corrected chi connectivity index (χ3v) is 1.54. The van der Waals surface area contributed by atoms with Crippen molar-refractivity contribution in [1.29, 1.82) is 0 Å². The van der Waals surface area contributed by atoms with Crippen LogP contribution in [0.5, 0.6) is 0 Å². The summed E-state index contributed by atoms with van der Waals surface area (Å²) in [7, 11) is 1.66. The summed E-state index contributed by atoms with van der Waals surface area (Å²) in [4.78, 5) is 15.5. The number of carbonyl (C=O) groups excluding carboxylic acids is 1. The molecule has 0 unspecified atom stereocenters. The Labute approximate surface area is 104 Å². The molecule has 100 valence electrons. The monoisotopic (exact) mass is 243 g/mol. The molecule has 5 nitrogen and oxygen atoms in total. The second-order valence-electron chi connectivity index (χ2n) is 5.89. The molecule has 0 saturated carbocycles. The fourth-order valence-corrected chi connectivity index (χ4v) is 1.07. The van der Waals surface area contributed by atoms with E-state index in [0.29, 0.717) is 5.96 Å². The number of carbonyl (C=O) groups is 1. The van der Waals surface area contributed by atoms with Crippen LogP contribution >= 0.6 is 0 Å². The number of hydrogen-bond donors (Lipinski definition) is 2. The van der Waals surface area contributed by atoms with Gasteiger partial charge in [0.25, 0.3) is 0 Å². The van der Waals surface area contributed by atoms with Crippen molar-refractivity contribution in [3.8, 4) is 0 Å². The molecule has 0 bridgehead atoms. The number of ether oxygens (including phenoxy) is 1. The standard InChI is InChI=1S/C12H25N3O2/c1-11(2,3)15-10(13-7)14-8-9(16)17-12(4,5)6/h8H2,1-7H3,(H2,13,14,15). The Morgan fingerprint density at radius 2 is 1.71 bits per heavy atom. The summed E-state index contributed by atoms with van der Waals surface area (Å²) in [6.07, 6.45) is 0. The Bertz CT molecular complexity index is 285. The van der Waals surface area contributed by atoms with Crippen molar-refractivity contribution in [2.75, 3.05) is 13.6 Å². The molecule has 0 amide bonds. The lowest BCUT2D eigenvalue weighted by atomic mass is 10.1. The molecule has 0 fully saturated rings. The van der Waals surface area contributed by atoms with Gasteiger partial charge in [-0.1, -0.05) is 0 Å². The van der Waals surface area contributed by atoms with Crippen LogP contribution in [-0.2, 0) is 9.53 Å². The minimum atomic E-state index is -0.459. The Morgan fingerprint density at radius 3 is 2.06 bits per heavy atom. The summed E-state index contributed by atoms with van der Waals surface area (Å²) in [6, 6.07) is 0. The summed E-state index contributed by atoms with van der Waals surface area (Å²) >= 11 is 0. The summed E-state index contributed by atoms with van der Waals surface area (Å²) in [5.74, 6) is 0.290. The van der Waals surface area contributed by atoms with Crippen molar-refractivity contribution in [3.05, 3.63) is 0 Å². The number of nitrogens with zero attached hydrogens (tertiary/aromatic N) is 1. The molecule has 0 aromatic rings. The quantitative estimate of drug-likeness (QED) is 0.436. The van der Waals surface area contributed by atoms with E-state index in [0.717, 1.165) is 0 Å². The molecule has 2 N–H and O–H groups in total. The van der Waals surface area contributed by atoms with Crippen LogP contribution in [0.1, 0.15) is 41.5 Å². The number of esters is 1. The van der Waals surface area contributed by atoms with Crippen molar-refractivity contribution in [2.45, 2.75) is 52.7 Å². The molecule has 5 heteroatoms.